The number of benzene rings is 3. The molecule has 3 aromatic carbocycles. The summed E-state index contributed by atoms with van der Waals surface area (Å²) in [7, 11) is 0. The Morgan fingerprint density at radius 2 is 1.52 bits per heavy atom. The van der Waals surface area contributed by atoms with Crippen LogP contribution in [-0.4, -0.2) is 12.6 Å². The van der Waals surface area contributed by atoms with E-state index < -0.39 is 12.1 Å². The van der Waals surface area contributed by atoms with Crippen LogP contribution in [0.4, 0.5) is 0 Å². The molecule has 0 saturated carbocycles. The molecule has 0 aliphatic carbocycles. The van der Waals surface area contributed by atoms with Crippen molar-refractivity contribution in [2.24, 2.45) is 0 Å². The first-order valence-corrected chi connectivity index (χ1v) is 10.6. The van der Waals surface area contributed by atoms with Gasteiger partial charge in [-0.1, -0.05) is 56.6 Å². The Labute approximate surface area is 188 Å². The normalized spacial score (nSPS) is 12.2. The highest BCUT2D eigenvalue weighted by atomic mass is 35.5. The van der Waals surface area contributed by atoms with E-state index >= 15 is 0 Å². The Hall–Kier alpha value is -2.98. The lowest BCUT2D eigenvalue weighted by atomic mass is 9.87. The molecule has 0 bridgehead atoms. The first-order chi connectivity index (χ1) is 14.8. The molecule has 1 unspecified atom stereocenters. The minimum absolute atomic E-state index is 0.0283. The predicted molar refractivity (Wildman–Crippen MR) is 123 cm³/mol. The Morgan fingerprint density at radius 3 is 2.10 bits per heavy atom. The number of carbonyl (C=O) groups is 1. The predicted octanol–water partition coefficient (Wildman–Crippen LogP) is 7.11. The number of ether oxygens (including phenoxy) is 3. The number of hydrogen-bond donors (Lipinski definition) is 0. The van der Waals surface area contributed by atoms with Gasteiger partial charge in [0.05, 0.1) is 6.61 Å². The van der Waals surface area contributed by atoms with Crippen LogP contribution in [0.25, 0.3) is 0 Å². The minimum atomic E-state index is -0.875. The fourth-order valence-electron chi connectivity index (χ4n) is 2.99. The molecule has 0 aromatic heterocycles. The van der Waals surface area contributed by atoms with E-state index in [2.05, 4.69) is 26.8 Å². The Kier molecular flexibility index (Phi) is 7.24. The lowest BCUT2D eigenvalue weighted by Gasteiger charge is -2.22. The molecule has 0 radical (unpaired) electrons. The summed E-state index contributed by atoms with van der Waals surface area (Å²) >= 11 is 5.91. The summed E-state index contributed by atoms with van der Waals surface area (Å²) in [6.07, 6.45) is -0.875. The molecule has 31 heavy (non-hydrogen) atoms. The molecule has 0 heterocycles. The number of rotatable bonds is 7. The highest BCUT2D eigenvalue weighted by Gasteiger charge is 2.25. The molecule has 0 fully saturated rings. The van der Waals surface area contributed by atoms with Crippen LogP contribution in [0, 0.1) is 0 Å². The minimum Gasteiger partial charge on any atom is -0.474 e. The molecule has 0 amide bonds. The second-order valence-corrected chi connectivity index (χ2v) is 8.59. The Morgan fingerprint density at radius 1 is 0.903 bits per heavy atom. The van der Waals surface area contributed by atoms with Crippen molar-refractivity contribution in [3.63, 3.8) is 0 Å². The van der Waals surface area contributed by atoms with Gasteiger partial charge in [0.2, 0.25) is 6.10 Å². The van der Waals surface area contributed by atoms with Crippen molar-refractivity contribution < 1.29 is 19.0 Å². The van der Waals surface area contributed by atoms with Gasteiger partial charge in [0.25, 0.3) is 0 Å². The highest BCUT2D eigenvalue weighted by Crippen LogP contribution is 2.30. The standard InChI is InChI=1S/C26H27ClO4/c1-5-29-25(28)24(31-23-8-6-7-19(17-23)26(2,3)4)18-9-13-21(14-10-18)30-22-15-11-20(27)12-16-22/h6-17,24H,5H2,1-4H3. The molecule has 0 saturated heterocycles. The first-order valence-electron chi connectivity index (χ1n) is 10.2. The van der Waals surface area contributed by atoms with E-state index in [0.717, 1.165) is 5.56 Å². The summed E-state index contributed by atoms with van der Waals surface area (Å²) < 4.78 is 17.2. The van der Waals surface area contributed by atoms with Gasteiger partial charge in [-0.05, 0) is 66.4 Å². The van der Waals surface area contributed by atoms with E-state index in [1.807, 2.05) is 18.2 Å². The largest absolute Gasteiger partial charge is 0.474 e. The van der Waals surface area contributed by atoms with Crippen LogP contribution >= 0.6 is 11.6 Å². The van der Waals surface area contributed by atoms with Gasteiger partial charge >= 0.3 is 5.97 Å². The Balaban J connectivity index is 1.82. The number of esters is 1. The average Bonchev–Trinajstić information content (AvgIpc) is 2.74. The summed E-state index contributed by atoms with van der Waals surface area (Å²) in [5.74, 6) is 1.50. The third kappa shape index (κ3) is 6.25. The zero-order chi connectivity index (χ0) is 22.4. The summed E-state index contributed by atoms with van der Waals surface area (Å²) in [5.41, 5.74) is 1.78. The van der Waals surface area contributed by atoms with E-state index in [1.54, 1.807) is 55.5 Å². The second kappa shape index (κ2) is 9.88. The van der Waals surface area contributed by atoms with Gasteiger partial charge in [-0.15, -0.1) is 0 Å². The monoisotopic (exact) mass is 438 g/mol. The van der Waals surface area contributed by atoms with Crippen LogP contribution < -0.4 is 9.47 Å². The summed E-state index contributed by atoms with van der Waals surface area (Å²) in [6, 6.07) is 22.1. The van der Waals surface area contributed by atoms with E-state index in [4.69, 9.17) is 25.8 Å². The van der Waals surface area contributed by atoms with Gasteiger partial charge in [-0.2, -0.15) is 0 Å². The molecular formula is C26H27ClO4. The maximum Gasteiger partial charge on any atom is 0.352 e. The van der Waals surface area contributed by atoms with Crippen molar-refractivity contribution in [2.45, 2.75) is 39.2 Å². The molecular weight excluding hydrogens is 412 g/mol. The summed E-state index contributed by atoms with van der Waals surface area (Å²) in [6.45, 7) is 8.45. The molecule has 162 valence electrons. The fourth-order valence-corrected chi connectivity index (χ4v) is 3.12. The van der Waals surface area contributed by atoms with Crippen molar-refractivity contribution in [3.8, 4) is 17.2 Å². The molecule has 0 spiro atoms. The molecule has 5 heteroatoms. The third-order valence-corrected chi connectivity index (χ3v) is 4.94. The zero-order valence-corrected chi connectivity index (χ0v) is 19.0. The topological polar surface area (TPSA) is 44.8 Å². The molecule has 1 atom stereocenters. The van der Waals surface area contributed by atoms with Crippen molar-refractivity contribution in [1.29, 1.82) is 0 Å². The number of halogens is 1. The molecule has 4 nitrogen and oxygen atoms in total. The van der Waals surface area contributed by atoms with E-state index in [1.165, 1.54) is 0 Å². The molecule has 0 N–H and O–H groups in total. The molecule has 3 rings (SSSR count). The average molecular weight is 439 g/mol. The lowest BCUT2D eigenvalue weighted by molar-refractivity contribution is -0.151. The first kappa shape index (κ1) is 22.7. The van der Waals surface area contributed by atoms with Crippen molar-refractivity contribution in [3.05, 3.63) is 88.9 Å². The van der Waals surface area contributed by atoms with Crippen molar-refractivity contribution >= 4 is 17.6 Å². The van der Waals surface area contributed by atoms with E-state index in [-0.39, 0.29) is 12.0 Å². The van der Waals surface area contributed by atoms with Gasteiger partial charge in [-0.25, -0.2) is 4.79 Å². The van der Waals surface area contributed by atoms with Crippen molar-refractivity contribution in [1.82, 2.24) is 0 Å². The van der Waals surface area contributed by atoms with Crippen LogP contribution in [0.2, 0.25) is 5.02 Å². The zero-order valence-electron chi connectivity index (χ0n) is 18.2. The summed E-state index contributed by atoms with van der Waals surface area (Å²) in [4.78, 5) is 12.6. The number of carbonyl (C=O) groups excluding carboxylic acids is 1. The Bertz CT molecular complexity index is 1000. The van der Waals surface area contributed by atoms with E-state index in [9.17, 15) is 4.79 Å². The van der Waals surface area contributed by atoms with Crippen molar-refractivity contribution in [2.75, 3.05) is 6.61 Å². The quantitative estimate of drug-likeness (QED) is 0.368. The lowest BCUT2D eigenvalue weighted by Crippen LogP contribution is -2.21. The second-order valence-electron chi connectivity index (χ2n) is 8.15. The van der Waals surface area contributed by atoms with Crippen LogP contribution in [0.5, 0.6) is 17.2 Å². The fraction of sp³-hybridized carbons (Fsp3) is 0.269. The molecule has 0 aliphatic rings. The van der Waals surface area contributed by atoms with Gasteiger partial charge in [0.15, 0.2) is 0 Å². The van der Waals surface area contributed by atoms with Crippen LogP contribution in [-0.2, 0) is 14.9 Å². The van der Waals surface area contributed by atoms with Crippen LogP contribution in [0.15, 0.2) is 72.8 Å². The van der Waals surface area contributed by atoms with Gasteiger partial charge < -0.3 is 14.2 Å². The van der Waals surface area contributed by atoms with Crippen LogP contribution in [0.3, 0.4) is 0 Å². The number of hydrogen-bond acceptors (Lipinski definition) is 4. The third-order valence-electron chi connectivity index (χ3n) is 4.69. The highest BCUT2D eigenvalue weighted by molar-refractivity contribution is 6.30. The van der Waals surface area contributed by atoms with E-state index in [0.29, 0.717) is 27.8 Å². The smallest absolute Gasteiger partial charge is 0.352 e. The van der Waals surface area contributed by atoms with Gasteiger partial charge in [0, 0.05) is 10.6 Å². The van der Waals surface area contributed by atoms with Gasteiger partial charge in [-0.3, -0.25) is 0 Å². The maximum atomic E-state index is 12.6. The molecule has 3 aromatic rings. The van der Waals surface area contributed by atoms with Gasteiger partial charge in [0.1, 0.15) is 17.2 Å². The van der Waals surface area contributed by atoms with Crippen LogP contribution in [0.1, 0.15) is 44.9 Å². The summed E-state index contributed by atoms with van der Waals surface area (Å²) in [5, 5.41) is 0.646. The molecule has 0 aliphatic heterocycles. The SMILES string of the molecule is CCOC(=O)C(Oc1cccc(C(C)(C)C)c1)c1ccc(Oc2ccc(Cl)cc2)cc1. The maximum absolute atomic E-state index is 12.6.